The standard InChI is InChI=1S/C22H20N6O2S/c1-14-4-9-18-17(12-14)20(29)26(2)21-25-24-19(28(18)21)13-31-22-23-10-11-27(22)15-5-7-16(30-3)8-6-15/h4-12H,13H2,1-3H3. The van der Waals surface area contributed by atoms with E-state index in [2.05, 4.69) is 15.2 Å². The molecule has 156 valence electrons. The lowest BCUT2D eigenvalue weighted by Gasteiger charge is -2.10. The molecule has 0 aliphatic rings. The van der Waals surface area contributed by atoms with E-state index in [1.165, 1.54) is 0 Å². The molecule has 9 heteroatoms. The molecule has 3 aromatic heterocycles. The van der Waals surface area contributed by atoms with Crippen LogP contribution in [0.25, 0.3) is 22.4 Å². The van der Waals surface area contributed by atoms with Gasteiger partial charge in [0.15, 0.2) is 5.16 Å². The molecule has 0 aliphatic heterocycles. The fraction of sp³-hybridized carbons (Fsp3) is 0.182. The number of aryl methyl sites for hydroxylation is 2. The van der Waals surface area contributed by atoms with Crippen LogP contribution < -0.4 is 10.3 Å². The third-order valence-electron chi connectivity index (χ3n) is 5.23. The number of nitrogens with zero attached hydrogens (tertiary/aromatic N) is 6. The zero-order valence-corrected chi connectivity index (χ0v) is 18.1. The minimum atomic E-state index is -0.0761. The number of thioether (sulfide) groups is 1. The number of rotatable bonds is 5. The third kappa shape index (κ3) is 3.27. The number of benzene rings is 2. The number of hydrogen-bond donors (Lipinski definition) is 0. The second kappa shape index (κ2) is 7.59. The van der Waals surface area contributed by atoms with E-state index >= 15 is 0 Å². The van der Waals surface area contributed by atoms with E-state index < -0.39 is 0 Å². The van der Waals surface area contributed by atoms with E-state index in [1.54, 1.807) is 36.7 Å². The molecular formula is C22H20N6O2S. The van der Waals surface area contributed by atoms with Gasteiger partial charge in [0.2, 0.25) is 5.78 Å². The minimum absolute atomic E-state index is 0.0761. The highest BCUT2D eigenvalue weighted by Gasteiger charge is 2.16. The molecule has 8 nitrogen and oxygen atoms in total. The van der Waals surface area contributed by atoms with Gasteiger partial charge in [0, 0.05) is 25.1 Å². The number of hydrogen-bond acceptors (Lipinski definition) is 6. The Kier molecular flexibility index (Phi) is 4.74. The van der Waals surface area contributed by atoms with Crippen LogP contribution in [-0.2, 0) is 12.8 Å². The summed E-state index contributed by atoms with van der Waals surface area (Å²) in [6.07, 6.45) is 3.70. The van der Waals surface area contributed by atoms with E-state index in [9.17, 15) is 4.79 Å². The van der Waals surface area contributed by atoms with Crippen molar-refractivity contribution < 1.29 is 4.74 Å². The van der Waals surface area contributed by atoms with Gasteiger partial charge in [-0.15, -0.1) is 10.2 Å². The van der Waals surface area contributed by atoms with Crippen LogP contribution in [0.5, 0.6) is 5.75 Å². The molecule has 0 atom stereocenters. The summed E-state index contributed by atoms with van der Waals surface area (Å²) in [5, 5.41) is 10.1. The van der Waals surface area contributed by atoms with Crippen LogP contribution in [0.2, 0.25) is 0 Å². The molecule has 0 saturated heterocycles. The average Bonchev–Trinajstić information content (AvgIpc) is 3.43. The molecule has 31 heavy (non-hydrogen) atoms. The van der Waals surface area contributed by atoms with Crippen molar-refractivity contribution >= 4 is 28.4 Å². The maximum Gasteiger partial charge on any atom is 0.262 e. The molecule has 0 spiro atoms. The van der Waals surface area contributed by atoms with Crippen molar-refractivity contribution in [1.29, 1.82) is 0 Å². The Bertz CT molecular complexity index is 1470. The molecule has 3 heterocycles. The van der Waals surface area contributed by atoms with Crippen LogP contribution in [0.4, 0.5) is 0 Å². The summed E-state index contributed by atoms with van der Waals surface area (Å²) in [5.74, 6) is 2.64. The maximum atomic E-state index is 12.7. The van der Waals surface area contributed by atoms with Crippen molar-refractivity contribution in [2.75, 3.05) is 7.11 Å². The fourth-order valence-corrected chi connectivity index (χ4v) is 4.50. The van der Waals surface area contributed by atoms with Gasteiger partial charge in [0.1, 0.15) is 11.6 Å². The topological polar surface area (TPSA) is 79.2 Å². The molecule has 5 rings (SSSR count). The Hall–Kier alpha value is -3.59. The maximum absolute atomic E-state index is 12.7. The summed E-state index contributed by atoms with van der Waals surface area (Å²) in [7, 11) is 3.37. The largest absolute Gasteiger partial charge is 0.497 e. The lowest BCUT2D eigenvalue weighted by atomic mass is 10.1. The summed E-state index contributed by atoms with van der Waals surface area (Å²) in [6, 6.07) is 13.7. The van der Waals surface area contributed by atoms with Crippen molar-refractivity contribution in [3.63, 3.8) is 0 Å². The van der Waals surface area contributed by atoms with E-state index in [0.717, 1.165) is 33.5 Å². The SMILES string of the molecule is COc1ccc(-n2ccnc2SCc2nnc3n(C)c(=O)c4cc(C)ccc4n23)cc1. The van der Waals surface area contributed by atoms with E-state index in [1.807, 2.05) is 64.6 Å². The Balaban J connectivity index is 1.52. The van der Waals surface area contributed by atoms with Crippen LogP contribution in [0, 0.1) is 6.92 Å². The molecule has 5 aromatic rings. The number of imidazole rings is 1. The van der Waals surface area contributed by atoms with Crippen molar-refractivity contribution in [3.8, 4) is 11.4 Å². The van der Waals surface area contributed by atoms with Crippen LogP contribution in [-0.4, -0.2) is 35.8 Å². The highest BCUT2D eigenvalue weighted by molar-refractivity contribution is 7.98. The Morgan fingerprint density at radius 2 is 1.90 bits per heavy atom. The first-order chi connectivity index (χ1) is 15.1. The molecule has 0 amide bonds. The number of ether oxygens (including phenoxy) is 1. The van der Waals surface area contributed by atoms with Gasteiger partial charge >= 0.3 is 0 Å². The fourth-order valence-electron chi connectivity index (χ4n) is 3.62. The lowest BCUT2D eigenvalue weighted by molar-refractivity contribution is 0.414. The van der Waals surface area contributed by atoms with Gasteiger partial charge in [0.05, 0.1) is 23.8 Å². The van der Waals surface area contributed by atoms with Crippen LogP contribution >= 0.6 is 11.8 Å². The second-order valence-corrected chi connectivity index (χ2v) is 8.15. The average molecular weight is 433 g/mol. The second-order valence-electron chi connectivity index (χ2n) is 7.20. The van der Waals surface area contributed by atoms with Crippen molar-refractivity contribution in [1.82, 2.24) is 28.7 Å². The van der Waals surface area contributed by atoms with E-state index in [0.29, 0.717) is 16.9 Å². The summed E-state index contributed by atoms with van der Waals surface area (Å²) in [4.78, 5) is 17.3. The number of methoxy groups -OCH3 is 1. The van der Waals surface area contributed by atoms with Crippen molar-refractivity contribution in [2.24, 2.45) is 7.05 Å². The highest BCUT2D eigenvalue weighted by atomic mass is 32.2. The number of aromatic nitrogens is 6. The first kappa shape index (κ1) is 19.4. The van der Waals surface area contributed by atoms with Crippen molar-refractivity contribution in [3.05, 3.63) is 76.6 Å². The molecular weight excluding hydrogens is 412 g/mol. The summed E-state index contributed by atoms with van der Waals surface area (Å²) in [5.41, 5.74) is 2.76. The molecule has 2 aromatic carbocycles. The minimum Gasteiger partial charge on any atom is -0.497 e. The molecule has 0 saturated carbocycles. The molecule has 0 unspecified atom stereocenters. The highest BCUT2D eigenvalue weighted by Crippen LogP contribution is 2.26. The zero-order chi connectivity index (χ0) is 21.5. The molecule has 0 bridgehead atoms. The quantitative estimate of drug-likeness (QED) is 0.396. The van der Waals surface area contributed by atoms with Crippen LogP contribution in [0.1, 0.15) is 11.4 Å². The van der Waals surface area contributed by atoms with Crippen LogP contribution in [0.15, 0.2) is 64.8 Å². The first-order valence-corrected chi connectivity index (χ1v) is 10.7. The third-order valence-corrected chi connectivity index (χ3v) is 6.19. The normalized spacial score (nSPS) is 11.5. The molecule has 0 fully saturated rings. The molecule has 0 radical (unpaired) electrons. The van der Waals surface area contributed by atoms with Gasteiger partial charge in [-0.25, -0.2) is 4.98 Å². The lowest BCUT2D eigenvalue weighted by Crippen LogP contribution is -2.20. The summed E-state index contributed by atoms with van der Waals surface area (Å²) in [6.45, 7) is 1.98. The summed E-state index contributed by atoms with van der Waals surface area (Å²) >= 11 is 1.56. The first-order valence-electron chi connectivity index (χ1n) is 9.71. The Labute approximate surface area is 182 Å². The van der Waals surface area contributed by atoms with Gasteiger partial charge < -0.3 is 4.74 Å². The monoisotopic (exact) mass is 432 g/mol. The van der Waals surface area contributed by atoms with Gasteiger partial charge in [-0.1, -0.05) is 23.4 Å². The number of fused-ring (bicyclic) bond motifs is 3. The van der Waals surface area contributed by atoms with Crippen molar-refractivity contribution in [2.45, 2.75) is 17.8 Å². The van der Waals surface area contributed by atoms with E-state index in [4.69, 9.17) is 4.74 Å². The predicted molar refractivity (Wildman–Crippen MR) is 120 cm³/mol. The smallest absolute Gasteiger partial charge is 0.262 e. The summed E-state index contributed by atoms with van der Waals surface area (Å²) < 4.78 is 10.8. The Morgan fingerprint density at radius 3 is 2.68 bits per heavy atom. The molecule has 0 aliphatic carbocycles. The van der Waals surface area contributed by atoms with Crippen LogP contribution in [0.3, 0.4) is 0 Å². The van der Waals surface area contributed by atoms with E-state index in [-0.39, 0.29) is 5.56 Å². The van der Waals surface area contributed by atoms with Gasteiger partial charge in [0.25, 0.3) is 5.56 Å². The Morgan fingerprint density at radius 1 is 1.10 bits per heavy atom. The molecule has 0 N–H and O–H groups in total. The van der Waals surface area contributed by atoms with Gasteiger partial charge in [-0.2, -0.15) is 0 Å². The zero-order valence-electron chi connectivity index (χ0n) is 17.3. The van der Waals surface area contributed by atoms with Gasteiger partial charge in [-0.3, -0.25) is 18.3 Å². The predicted octanol–water partition coefficient (Wildman–Crippen LogP) is 3.38. The van der Waals surface area contributed by atoms with Gasteiger partial charge in [-0.05, 0) is 43.3 Å².